The lowest BCUT2D eigenvalue weighted by Gasteiger charge is -2.31. The molecule has 2 aromatic heterocycles. The lowest BCUT2D eigenvalue weighted by Crippen LogP contribution is -2.39. The van der Waals surface area contributed by atoms with Crippen LogP contribution in [0.25, 0.3) is 11.0 Å². The molecule has 1 amide bonds. The van der Waals surface area contributed by atoms with E-state index in [0.717, 1.165) is 28.9 Å². The van der Waals surface area contributed by atoms with Crippen molar-refractivity contribution < 1.29 is 4.79 Å². The molecule has 0 radical (unpaired) electrons. The third-order valence-corrected chi connectivity index (χ3v) is 5.33. The summed E-state index contributed by atoms with van der Waals surface area (Å²) < 4.78 is 1.72. The first-order chi connectivity index (χ1) is 10.7. The van der Waals surface area contributed by atoms with Gasteiger partial charge in [-0.2, -0.15) is 5.10 Å². The minimum atomic E-state index is 0.174. The van der Waals surface area contributed by atoms with E-state index in [4.69, 9.17) is 0 Å². The Balaban J connectivity index is 1.64. The van der Waals surface area contributed by atoms with Crippen LogP contribution in [0.1, 0.15) is 32.1 Å². The Morgan fingerprint density at radius 2 is 2.14 bits per heavy atom. The predicted octanol–water partition coefficient (Wildman–Crippen LogP) is 2.25. The fourth-order valence-electron chi connectivity index (χ4n) is 2.96. The van der Waals surface area contributed by atoms with E-state index in [1.807, 2.05) is 19.0 Å². The maximum absolute atomic E-state index is 12.4. The first-order valence-electron chi connectivity index (χ1n) is 7.68. The molecule has 0 bridgehead atoms. The Morgan fingerprint density at radius 1 is 1.36 bits per heavy atom. The minimum Gasteiger partial charge on any atom is -0.342 e. The van der Waals surface area contributed by atoms with Gasteiger partial charge >= 0.3 is 0 Å². The zero-order valence-corrected chi connectivity index (χ0v) is 13.8. The van der Waals surface area contributed by atoms with Crippen molar-refractivity contribution in [1.29, 1.82) is 0 Å². The molecular weight excluding hydrogens is 298 g/mol. The quantitative estimate of drug-likeness (QED) is 0.639. The molecule has 0 atom stereocenters. The molecule has 0 unspecified atom stereocenters. The van der Waals surface area contributed by atoms with Crippen molar-refractivity contribution in [3.05, 3.63) is 12.5 Å². The zero-order chi connectivity index (χ0) is 15.5. The zero-order valence-electron chi connectivity index (χ0n) is 13.0. The van der Waals surface area contributed by atoms with Gasteiger partial charge in [-0.05, 0) is 12.8 Å². The Bertz CT molecular complexity index is 665. The number of hydrogen-bond donors (Lipinski definition) is 0. The highest BCUT2D eigenvalue weighted by molar-refractivity contribution is 8.00. The molecule has 118 valence electrons. The molecule has 0 aromatic carbocycles. The molecular formula is C15H21N5OS. The van der Waals surface area contributed by atoms with Gasteiger partial charge in [0.15, 0.2) is 5.65 Å². The van der Waals surface area contributed by atoms with Gasteiger partial charge in [-0.1, -0.05) is 31.0 Å². The van der Waals surface area contributed by atoms with E-state index < -0.39 is 0 Å². The molecule has 0 N–H and O–H groups in total. The van der Waals surface area contributed by atoms with Gasteiger partial charge in [0.05, 0.1) is 17.3 Å². The van der Waals surface area contributed by atoms with Crippen LogP contribution in [-0.4, -0.2) is 49.4 Å². The Kier molecular flexibility index (Phi) is 4.61. The highest BCUT2D eigenvalue weighted by Gasteiger charge is 2.22. The number of nitrogens with zero attached hydrogens (tertiary/aromatic N) is 5. The van der Waals surface area contributed by atoms with E-state index in [9.17, 15) is 4.79 Å². The average Bonchev–Trinajstić information content (AvgIpc) is 2.95. The van der Waals surface area contributed by atoms with E-state index in [2.05, 4.69) is 15.1 Å². The fraction of sp³-hybridized carbons (Fsp3) is 0.600. The molecule has 1 aliphatic carbocycles. The van der Waals surface area contributed by atoms with E-state index in [1.54, 1.807) is 10.9 Å². The fourth-order valence-corrected chi connectivity index (χ4v) is 3.84. The highest BCUT2D eigenvalue weighted by Crippen LogP contribution is 2.26. The number of aryl methyl sites for hydroxylation is 1. The van der Waals surface area contributed by atoms with Gasteiger partial charge in [0.1, 0.15) is 11.4 Å². The summed E-state index contributed by atoms with van der Waals surface area (Å²) in [7, 11) is 3.78. The summed E-state index contributed by atoms with van der Waals surface area (Å²) >= 11 is 1.47. The molecule has 2 aromatic rings. The highest BCUT2D eigenvalue weighted by atomic mass is 32.2. The monoisotopic (exact) mass is 319 g/mol. The minimum absolute atomic E-state index is 0.174. The molecule has 1 aliphatic rings. The second kappa shape index (κ2) is 6.64. The molecule has 0 saturated heterocycles. The summed E-state index contributed by atoms with van der Waals surface area (Å²) in [4.78, 5) is 22.8. The van der Waals surface area contributed by atoms with Gasteiger partial charge in [-0.25, -0.2) is 9.97 Å². The molecule has 2 heterocycles. The third-order valence-electron chi connectivity index (χ3n) is 4.34. The SMILES string of the molecule is CN(C(=O)CSc1ncnc2c1cnn2C)C1CCCCC1. The van der Waals surface area contributed by atoms with Gasteiger partial charge in [0.25, 0.3) is 0 Å². The van der Waals surface area contributed by atoms with Crippen LogP contribution < -0.4 is 0 Å². The summed E-state index contributed by atoms with van der Waals surface area (Å²) in [5.74, 6) is 0.584. The van der Waals surface area contributed by atoms with Crippen LogP contribution >= 0.6 is 11.8 Å². The van der Waals surface area contributed by atoms with Crippen LogP contribution in [0.2, 0.25) is 0 Å². The molecule has 6 nitrogen and oxygen atoms in total. The number of carbonyl (C=O) groups is 1. The lowest BCUT2D eigenvalue weighted by molar-refractivity contribution is -0.129. The number of fused-ring (bicyclic) bond motifs is 1. The topological polar surface area (TPSA) is 63.9 Å². The normalized spacial score (nSPS) is 16.1. The lowest BCUT2D eigenvalue weighted by atomic mass is 9.94. The van der Waals surface area contributed by atoms with Crippen molar-refractivity contribution in [3.8, 4) is 0 Å². The molecule has 1 fully saturated rings. The van der Waals surface area contributed by atoms with Crippen LogP contribution in [0.15, 0.2) is 17.6 Å². The van der Waals surface area contributed by atoms with E-state index >= 15 is 0 Å². The van der Waals surface area contributed by atoms with Crippen molar-refractivity contribution in [2.24, 2.45) is 7.05 Å². The van der Waals surface area contributed by atoms with Crippen molar-refractivity contribution in [2.45, 2.75) is 43.2 Å². The van der Waals surface area contributed by atoms with Crippen LogP contribution in [0, 0.1) is 0 Å². The van der Waals surface area contributed by atoms with E-state index in [-0.39, 0.29) is 5.91 Å². The molecule has 0 spiro atoms. The van der Waals surface area contributed by atoms with Gasteiger partial charge in [-0.3, -0.25) is 9.48 Å². The summed E-state index contributed by atoms with van der Waals surface area (Å²) in [5, 5.41) is 5.93. The van der Waals surface area contributed by atoms with Crippen molar-refractivity contribution >= 4 is 28.7 Å². The van der Waals surface area contributed by atoms with Crippen LogP contribution in [0.3, 0.4) is 0 Å². The van der Waals surface area contributed by atoms with Gasteiger partial charge in [-0.15, -0.1) is 0 Å². The summed E-state index contributed by atoms with van der Waals surface area (Å²) in [6.45, 7) is 0. The number of amides is 1. The van der Waals surface area contributed by atoms with Crippen molar-refractivity contribution in [2.75, 3.05) is 12.8 Å². The Morgan fingerprint density at radius 3 is 2.91 bits per heavy atom. The van der Waals surface area contributed by atoms with Crippen molar-refractivity contribution in [3.63, 3.8) is 0 Å². The maximum Gasteiger partial charge on any atom is 0.232 e. The number of thioether (sulfide) groups is 1. The first kappa shape index (κ1) is 15.3. The molecule has 1 saturated carbocycles. The standard InChI is InChI=1S/C15H21N5OS/c1-19(11-6-4-3-5-7-11)13(21)9-22-15-12-8-18-20(2)14(12)16-10-17-15/h8,10-11H,3-7,9H2,1-2H3. The van der Waals surface area contributed by atoms with E-state index in [0.29, 0.717) is 11.8 Å². The molecule has 0 aliphatic heterocycles. The summed E-state index contributed by atoms with van der Waals surface area (Å²) in [6.07, 6.45) is 9.32. The van der Waals surface area contributed by atoms with Crippen LogP contribution in [0.4, 0.5) is 0 Å². The maximum atomic E-state index is 12.4. The second-order valence-corrected chi connectivity index (χ2v) is 6.73. The first-order valence-corrected chi connectivity index (χ1v) is 8.66. The Hall–Kier alpha value is -1.63. The van der Waals surface area contributed by atoms with Gasteiger partial charge < -0.3 is 4.90 Å². The number of carbonyl (C=O) groups excluding carboxylic acids is 1. The van der Waals surface area contributed by atoms with Gasteiger partial charge in [0.2, 0.25) is 5.91 Å². The smallest absolute Gasteiger partial charge is 0.232 e. The van der Waals surface area contributed by atoms with E-state index in [1.165, 1.54) is 37.4 Å². The molecule has 3 rings (SSSR count). The van der Waals surface area contributed by atoms with Crippen LogP contribution in [-0.2, 0) is 11.8 Å². The Labute approximate surface area is 134 Å². The van der Waals surface area contributed by atoms with Gasteiger partial charge in [0, 0.05) is 20.1 Å². The van der Waals surface area contributed by atoms with Crippen molar-refractivity contribution in [1.82, 2.24) is 24.6 Å². The number of rotatable bonds is 4. The molecule has 22 heavy (non-hydrogen) atoms. The largest absolute Gasteiger partial charge is 0.342 e. The average molecular weight is 319 g/mol. The number of hydrogen-bond acceptors (Lipinski definition) is 5. The summed E-state index contributed by atoms with van der Waals surface area (Å²) in [6, 6.07) is 0.408. The third kappa shape index (κ3) is 3.09. The predicted molar refractivity (Wildman–Crippen MR) is 86.7 cm³/mol. The summed E-state index contributed by atoms with van der Waals surface area (Å²) in [5.41, 5.74) is 0.797. The second-order valence-electron chi connectivity index (χ2n) is 5.77. The molecule has 7 heteroatoms. The number of aromatic nitrogens is 4. The van der Waals surface area contributed by atoms with Crippen LogP contribution in [0.5, 0.6) is 0 Å².